The summed E-state index contributed by atoms with van der Waals surface area (Å²) < 4.78 is 13.7. The van der Waals surface area contributed by atoms with E-state index >= 15 is 0 Å². The maximum Gasteiger partial charge on any atom is 0.305 e. The fraction of sp³-hybridized carbons (Fsp3) is 0.345. The summed E-state index contributed by atoms with van der Waals surface area (Å²) in [6, 6.07) is 10.8. The van der Waals surface area contributed by atoms with Gasteiger partial charge in [0.25, 0.3) is 11.8 Å². The molecule has 9 nitrogen and oxygen atoms in total. The SMILES string of the molecule is O=C(O)CCN1C(=O)[C@H]2[C@H](CC=C3[C@H]2C[C@@]2(Cl)C(=O)N(c4ccc(F)cc4)C(=O)[C@@]2(Cl)[C@H]3c2ccccc2O)C1=O. The van der Waals surface area contributed by atoms with Crippen LogP contribution in [0.3, 0.4) is 0 Å². The van der Waals surface area contributed by atoms with Crippen LogP contribution in [0.15, 0.2) is 60.2 Å². The Morgan fingerprint density at radius 2 is 1.66 bits per heavy atom. The number of carboxylic acids is 1. The molecule has 2 aliphatic carbocycles. The summed E-state index contributed by atoms with van der Waals surface area (Å²) in [5.74, 6) is -8.55. The molecule has 0 spiro atoms. The highest BCUT2D eigenvalue weighted by Crippen LogP contribution is 2.66. The first kappa shape index (κ1) is 27.4. The number of carboxylic acid groups (broad SMARTS) is 1. The Hall–Kier alpha value is -3.76. The molecule has 0 bridgehead atoms. The number of phenolic OH excluding ortho intramolecular Hbond substituents is 1. The Morgan fingerprint density at radius 3 is 2.32 bits per heavy atom. The Morgan fingerprint density at radius 1 is 0.976 bits per heavy atom. The lowest BCUT2D eigenvalue weighted by Gasteiger charge is -2.50. The van der Waals surface area contributed by atoms with Crippen LogP contribution in [0.2, 0.25) is 0 Å². The van der Waals surface area contributed by atoms with Gasteiger partial charge in [-0.2, -0.15) is 0 Å². The van der Waals surface area contributed by atoms with Gasteiger partial charge in [0.2, 0.25) is 11.8 Å². The van der Waals surface area contributed by atoms with Crippen molar-refractivity contribution in [1.82, 2.24) is 4.90 Å². The van der Waals surface area contributed by atoms with Gasteiger partial charge in [0.15, 0.2) is 9.75 Å². The molecule has 0 unspecified atom stereocenters. The Labute approximate surface area is 243 Å². The number of hydrogen-bond acceptors (Lipinski definition) is 6. The van der Waals surface area contributed by atoms with Gasteiger partial charge in [-0.1, -0.05) is 29.8 Å². The lowest BCUT2D eigenvalue weighted by Crippen LogP contribution is -2.60. The number of carbonyl (C=O) groups is 5. The van der Waals surface area contributed by atoms with E-state index < -0.39 is 75.3 Å². The molecule has 12 heteroatoms. The number of benzene rings is 2. The zero-order valence-corrected chi connectivity index (χ0v) is 22.8. The first-order valence-electron chi connectivity index (χ1n) is 13.0. The largest absolute Gasteiger partial charge is 0.508 e. The molecule has 41 heavy (non-hydrogen) atoms. The number of nitrogens with zero attached hydrogens (tertiary/aromatic N) is 2. The molecule has 0 radical (unpaired) electrons. The number of aliphatic carboxylic acids is 1. The maximum absolute atomic E-state index is 14.2. The highest BCUT2D eigenvalue weighted by molar-refractivity contribution is 6.58. The number of rotatable bonds is 5. The van der Waals surface area contributed by atoms with Gasteiger partial charge in [-0.25, -0.2) is 9.29 Å². The molecule has 2 saturated heterocycles. The maximum atomic E-state index is 14.2. The van der Waals surface area contributed by atoms with E-state index in [4.69, 9.17) is 28.3 Å². The number of para-hydroxylation sites is 1. The van der Waals surface area contributed by atoms with E-state index in [1.54, 1.807) is 24.3 Å². The molecule has 2 aliphatic heterocycles. The second-order valence-corrected chi connectivity index (χ2v) is 12.0. The molecule has 3 fully saturated rings. The van der Waals surface area contributed by atoms with Crippen molar-refractivity contribution in [1.29, 1.82) is 0 Å². The lowest BCUT2D eigenvalue weighted by atomic mass is 9.56. The number of allylic oxidation sites excluding steroid dienone is 2. The number of fused-ring (bicyclic) bond motifs is 4. The summed E-state index contributed by atoms with van der Waals surface area (Å²) in [6.45, 7) is -0.299. The van der Waals surface area contributed by atoms with Gasteiger partial charge < -0.3 is 10.2 Å². The van der Waals surface area contributed by atoms with Gasteiger partial charge in [0, 0.05) is 18.0 Å². The molecular weight excluding hydrogens is 578 g/mol. The Bertz CT molecular complexity index is 1560. The minimum Gasteiger partial charge on any atom is -0.508 e. The quantitative estimate of drug-likeness (QED) is 0.304. The lowest BCUT2D eigenvalue weighted by molar-refractivity contribution is -0.142. The van der Waals surface area contributed by atoms with Crippen molar-refractivity contribution in [2.75, 3.05) is 11.4 Å². The monoisotopic (exact) mass is 600 g/mol. The topological polar surface area (TPSA) is 132 Å². The first-order valence-corrected chi connectivity index (χ1v) is 13.7. The van der Waals surface area contributed by atoms with Crippen LogP contribution in [-0.2, 0) is 24.0 Å². The highest BCUT2D eigenvalue weighted by Gasteiger charge is 2.76. The number of anilines is 1. The number of phenols is 1. The summed E-state index contributed by atoms with van der Waals surface area (Å²) in [5, 5.41) is 20.0. The van der Waals surface area contributed by atoms with Gasteiger partial charge in [0.1, 0.15) is 11.6 Å². The first-order chi connectivity index (χ1) is 19.4. The van der Waals surface area contributed by atoms with Gasteiger partial charge in [-0.15, -0.1) is 23.2 Å². The van der Waals surface area contributed by atoms with Crippen molar-refractivity contribution in [3.05, 3.63) is 71.6 Å². The zero-order chi connectivity index (χ0) is 29.4. The third-order valence-corrected chi connectivity index (χ3v) is 10.2. The summed E-state index contributed by atoms with van der Waals surface area (Å²) in [7, 11) is 0. The number of hydrogen-bond donors (Lipinski definition) is 2. The fourth-order valence-electron chi connectivity index (χ4n) is 6.97. The highest BCUT2D eigenvalue weighted by atomic mass is 35.5. The minimum atomic E-state index is -2.15. The number of alkyl halides is 2. The normalized spacial score (nSPS) is 32.5. The summed E-state index contributed by atoms with van der Waals surface area (Å²) in [5.41, 5.74) is 0.750. The summed E-state index contributed by atoms with van der Waals surface area (Å²) in [4.78, 5) is 63.7. The molecule has 0 aromatic heterocycles. The molecule has 2 heterocycles. The molecular formula is C29H23Cl2FN2O7. The molecule has 2 N–H and O–H groups in total. The number of halogens is 3. The molecule has 2 aromatic carbocycles. The van der Waals surface area contributed by atoms with Crippen LogP contribution in [0, 0.1) is 23.6 Å². The average molecular weight is 601 g/mol. The van der Waals surface area contributed by atoms with Crippen molar-refractivity contribution in [3.63, 3.8) is 0 Å². The summed E-state index contributed by atoms with van der Waals surface area (Å²) in [6.07, 6.45) is 1.13. The van der Waals surface area contributed by atoms with Crippen LogP contribution >= 0.6 is 23.2 Å². The van der Waals surface area contributed by atoms with E-state index in [1.807, 2.05) is 0 Å². The molecule has 6 rings (SSSR count). The van der Waals surface area contributed by atoms with Gasteiger partial charge in [0.05, 0.1) is 23.9 Å². The van der Waals surface area contributed by atoms with Crippen molar-refractivity contribution in [2.45, 2.75) is 34.9 Å². The Kier molecular flexibility index (Phi) is 6.28. The standard InChI is InChI=1S/C29H23Cl2FN2O7/c30-28-13-19-16(9-10-18-22(19)25(39)33(24(18)38)12-11-21(36)37)23(17-3-1-2-4-20(17)35)29(28,31)27(41)34(26(28)40)15-7-5-14(32)6-8-15/h1-9,18-19,22-23,35H,10-13H2,(H,36,37)/t18-,19+,22-,23+,28+,29-/m0/s1. The van der Waals surface area contributed by atoms with Crippen LogP contribution in [0.4, 0.5) is 10.1 Å². The number of aromatic hydroxyl groups is 1. The predicted octanol–water partition coefficient (Wildman–Crippen LogP) is 3.57. The van der Waals surface area contributed by atoms with Crippen LogP contribution < -0.4 is 4.90 Å². The molecule has 1 saturated carbocycles. The van der Waals surface area contributed by atoms with E-state index in [9.17, 15) is 33.5 Å². The van der Waals surface area contributed by atoms with E-state index in [0.29, 0.717) is 5.57 Å². The van der Waals surface area contributed by atoms with Gasteiger partial charge in [-0.05, 0) is 49.1 Å². The van der Waals surface area contributed by atoms with Crippen molar-refractivity contribution < 1.29 is 38.6 Å². The van der Waals surface area contributed by atoms with E-state index in [-0.39, 0.29) is 36.4 Å². The van der Waals surface area contributed by atoms with Crippen LogP contribution in [-0.4, -0.2) is 61.0 Å². The number of likely N-dealkylation sites (tertiary alicyclic amines) is 1. The third-order valence-electron chi connectivity index (χ3n) is 8.78. The number of imide groups is 2. The fourth-order valence-corrected chi connectivity index (χ4v) is 7.90. The van der Waals surface area contributed by atoms with E-state index in [2.05, 4.69) is 0 Å². The van der Waals surface area contributed by atoms with Crippen LogP contribution in [0.1, 0.15) is 30.7 Å². The van der Waals surface area contributed by atoms with Crippen molar-refractivity contribution >= 4 is 58.5 Å². The predicted molar refractivity (Wildman–Crippen MR) is 144 cm³/mol. The molecule has 4 amide bonds. The minimum absolute atomic E-state index is 0.0497. The molecule has 2 aromatic rings. The smallest absolute Gasteiger partial charge is 0.305 e. The Balaban J connectivity index is 1.51. The van der Waals surface area contributed by atoms with Crippen LogP contribution in [0.25, 0.3) is 0 Å². The van der Waals surface area contributed by atoms with E-state index in [0.717, 1.165) is 21.9 Å². The molecule has 212 valence electrons. The van der Waals surface area contributed by atoms with Crippen molar-refractivity contribution in [2.24, 2.45) is 17.8 Å². The zero-order valence-electron chi connectivity index (χ0n) is 21.3. The number of carbonyl (C=O) groups excluding carboxylic acids is 4. The second kappa shape index (κ2) is 9.39. The number of amides is 4. The van der Waals surface area contributed by atoms with Gasteiger partial charge >= 0.3 is 5.97 Å². The second-order valence-electron chi connectivity index (χ2n) is 10.8. The van der Waals surface area contributed by atoms with E-state index in [1.165, 1.54) is 18.2 Å². The average Bonchev–Trinajstić information content (AvgIpc) is 3.26. The van der Waals surface area contributed by atoms with Crippen molar-refractivity contribution in [3.8, 4) is 5.75 Å². The third kappa shape index (κ3) is 3.69. The molecule has 6 atom stereocenters. The van der Waals surface area contributed by atoms with Crippen LogP contribution in [0.5, 0.6) is 5.75 Å². The van der Waals surface area contributed by atoms with Gasteiger partial charge in [-0.3, -0.25) is 28.9 Å². The summed E-state index contributed by atoms with van der Waals surface area (Å²) >= 11 is 14.4. The molecule has 4 aliphatic rings.